The van der Waals surface area contributed by atoms with E-state index in [9.17, 15) is 4.79 Å². The molecule has 3 nitrogen and oxygen atoms in total. The van der Waals surface area contributed by atoms with Crippen LogP contribution in [0.4, 0.5) is 5.69 Å². The topological polar surface area (TPSA) is 52.3 Å². The average molecular weight is 261 g/mol. The van der Waals surface area contributed by atoms with E-state index in [1.807, 2.05) is 32.9 Å². The number of carbonyl (C=O) groups excluding carboxylic acids is 1. The van der Waals surface area contributed by atoms with Crippen LogP contribution in [-0.2, 0) is 22.4 Å². The molecule has 0 aliphatic heterocycles. The maximum absolute atomic E-state index is 11.9. The van der Waals surface area contributed by atoms with Gasteiger partial charge in [-0.05, 0) is 69.2 Å². The minimum Gasteiger partial charge on any atom is -0.460 e. The van der Waals surface area contributed by atoms with Gasteiger partial charge in [0.15, 0.2) is 0 Å². The van der Waals surface area contributed by atoms with Gasteiger partial charge in [0.05, 0.1) is 0 Å². The van der Waals surface area contributed by atoms with Crippen LogP contribution >= 0.6 is 0 Å². The van der Waals surface area contributed by atoms with Crippen molar-refractivity contribution in [1.29, 1.82) is 0 Å². The average Bonchev–Trinajstić information content (AvgIpc) is 2.25. The largest absolute Gasteiger partial charge is 0.460 e. The molecule has 0 fully saturated rings. The van der Waals surface area contributed by atoms with Crippen LogP contribution in [-0.4, -0.2) is 11.6 Å². The highest BCUT2D eigenvalue weighted by atomic mass is 16.6. The summed E-state index contributed by atoms with van der Waals surface area (Å²) in [5.74, 6) is 0.286. The Hall–Kier alpha value is -1.51. The Bertz CT molecular complexity index is 474. The third kappa shape index (κ3) is 3.98. The van der Waals surface area contributed by atoms with Crippen molar-refractivity contribution in [3.8, 4) is 0 Å². The van der Waals surface area contributed by atoms with E-state index in [2.05, 4.69) is 6.07 Å². The second-order valence-corrected chi connectivity index (χ2v) is 6.43. The number of hydrogen-bond acceptors (Lipinski definition) is 3. The molecule has 19 heavy (non-hydrogen) atoms. The summed E-state index contributed by atoms with van der Waals surface area (Å²) in [6, 6.07) is 6.10. The van der Waals surface area contributed by atoms with Crippen LogP contribution < -0.4 is 5.73 Å². The van der Waals surface area contributed by atoms with Gasteiger partial charge < -0.3 is 10.5 Å². The van der Waals surface area contributed by atoms with Crippen molar-refractivity contribution in [3.05, 3.63) is 29.3 Å². The molecule has 3 heteroatoms. The summed E-state index contributed by atoms with van der Waals surface area (Å²) in [7, 11) is 0. The number of hydrogen-bond donors (Lipinski definition) is 1. The summed E-state index contributed by atoms with van der Waals surface area (Å²) >= 11 is 0. The fraction of sp³-hybridized carbons (Fsp3) is 0.562. The van der Waals surface area contributed by atoms with E-state index in [4.69, 9.17) is 10.5 Å². The monoisotopic (exact) mass is 261 g/mol. The van der Waals surface area contributed by atoms with Crippen LogP contribution in [0.1, 0.15) is 44.7 Å². The van der Waals surface area contributed by atoms with Crippen LogP contribution in [0.15, 0.2) is 18.2 Å². The molecule has 0 heterocycles. The third-order valence-electron chi connectivity index (χ3n) is 3.44. The summed E-state index contributed by atoms with van der Waals surface area (Å²) in [5.41, 5.74) is 8.89. The number of rotatable bonds is 2. The van der Waals surface area contributed by atoms with Gasteiger partial charge in [0.25, 0.3) is 0 Å². The van der Waals surface area contributed by atoms with Crippen LogP contribution in [0, 0.1) is 5.92 Å². The minimum absolute atomic E-state index is 0.0927. The Balaban J connectivity index is 1.96. The zero-order chi connectivity index (χ0) is 14.0. The molecule has 1 atom stereocenters. The highest BCUT2D eigenvalue weighted by Crippen LogP contribution is 2.29. The number of ether oxygens (including phenoxy) is 1. The number of fused-ring (bicyclic) bond motifs is 1. The molecule has 1 aliphatic rings. The number of esters is 1. The van der Waals surface area contributed by atoms with E-state index in [0.29, 0.717) is 12.3 Å². The van der Waals surface area contributed by atoms with Gasteiger partial charge in [-0.25, -0.2) is 0 Å². The third-order valence-corrected chi connectivity index (χ3v) is 3.44. The minimum atomic E-state index is -0.395. The van der Waals surface area contributed by atoms with Crippen molar-refractivity contribution in [2.24, 2.45) is 5.92 Å². The van der Waals surface area contributed by atoms with Gasteiger partial charge in [0.1, 0.15) is 5.60 Å². The lowest BCUT2D eigenvalue weighted by atomic mass is 9.82. The van der Waals surface area contributed by atoms with E-state index in [1.54, 1.807) is 0 Å². The van der Waals surface area contributed by atoms with E-state index < -0.39 is 5.60 Å². The van der Waals surface area contributed by atoms with Crippen molar-refractivity contribution in [3.63, 3.8) is 0 Å². The van der Waals surface area contributed by atoms with Gasteiger partial charge in [-0.1, -0.05) is 6.07 Å². The molecular weight excluding hydrogens is 238 g/mol. The zero-order valence-corrected chi connectivity index (χ0v) is 12.0. The number of carbonyl (C=O) groups is 1. The van der Waals surface area contributed by atoms with Crippen molar-refractivity contribution in [2.45, 2.75) is 52.1 Å². The van der Waals surface area contributed by atoms with E-state index in [1.165, 1.54) is 11.1 Å². The molecule has 0 spiro atoms. The molecule has 104 valence electrons. The van der Waals surface area contributed by atoms with Crippen molar-refractivity contribution in [1.82, 2.24) is 0 Å². The van der Waals surface area contributed by atoms with Gasteiger partial charge in [-0.3, -0.25) is 4.79 Å². The first-order valence-electron chi connectivity index (χ1n) is 6.92. The molecule has 0 aromatic heterocycles. The maximum atomic E-state index is 11.9. The summed E-state index contributed by atoms with van der Waals surface area (Å²) in [6.07, 6.45) is 3.52. The van der Waals surface area contributed by atoms with Gasteiger partial charge in [-0.15, -0.1) is 0 Å². The Kier molecular flexibility index (Phi) is 3.83. The number of nitrogens with two attached hydrogens (primary N) is 1. The van der Waals surface area contributed by atoms with E-state index >= 15 is 0 Å². The smallest absolute Gasteiger partial charge is 0.306 e. The lowest BCUT2D eigenvalue weighted by Gasteiger charge is -2.26. The molecule has 1 aliphatic carbocycles. The maximum Gasteiger partial charge on any atom is 0.306 e. The van der Waals surface area contributed by atoms with Gasteiger partial charge in [0.2, 0.25) is 0 Å². The fourth-order valence-corrected chi connectivity index (χ4v) is 2.65. The molecule has 0 radical (unpaired) electrons. The normalized spacial score (nSPS) is 18.8. The lowest BCUT2D eigenvalue weighted by molar-refractivity contribution is -0.156. The van der Waals surface area contributed by atoms with Crippen molar-refractivity contribution < 1.29 is 9.53 Å². The summed E-state index contributed by atoms with van der Waals surface area (Å²) in [4.78, 5) is 11.9. The fourth-order valence-electron chi connectivity index (χ4n) is 2.65. The molecule has 2 rings (SSSR count). The molecule has 0 saturated heterocycles. The molecule has 1 unspecified atom stereocenters. The lowest BCUT2D eigenvalue weighted by Crippen LogP contribution is -2.26. The molecule has 0 bridgehead atoms. The van der Waals surface area contributed by atoms with Crippen LogP contribution in [0.25, 0.3) is 0 Å². The highest BCUT2D eigenvalue weighted by Gasteiger charge is 2.24. The Morgan fingerprint density at radius 2 is 2.11 bits per heavy atom. The number of nitrogen functional groups attached to an aromatic ring is 1. The van der Waals surface area contributed by atoms with E-state index in [0.717, 1.165) is 24.9 Å². The highest BCUT2D eigenvalue weighted by molar-refractivity contribution is 5.70. The summed E-state index contributed by atoms with van der Waals surface area (Å²) in [5, 5.41) is 0. The predicted octanol–water partition coefficient (Wildman–Crippen LogP) is 3.11. The molecule has 0 saturated carbocycles. The molecular formula is C16H23NO2. The van der Waals surface area contributed by atoms with Crippen LogP contribution in [0.3, 0.4) is 0 Å². The molecule has 2 N–H and O–H groups in total. The molecule has 1 aromatic rings. The standard InChI is InChI=1S/C16H23NO2/c1-16(2,3)19-15(18)9-11-4-5-12-6-7-14(17)10-13(12)8-11/h6-7,10-11H,4-5,8-9,17H2,1-3H3. The van der Waals surface area contributed by atoms with Crippen LogP contribution in [0.5, 0.6) is 0 Å². The Morgan fingerprint density at radius 1 is 1.37 bits per heavy atom. The molecule has 0 amide bonds. The second-order valence-electron chi connectivity index (χ2n) is 6.43. The zero-order valence-electron chi connectivity index (χ0n) is 12.0. The molecule has 1 aromatic carbocycles. The van der Waals surface area contributed by atoms with Crippen LogP contribution in [0.2, 0.25) is 0 Å². The van der Waals surface area contributed by atoms with Gasteiger partial charge in [0, 0.05) is 12.1 Å². The predicted molar refractivity (Wildman–Crippen MR) is 76.8 cm³/mol. The van der Waals surface area contributed by atoms with Gasteiger partial charge >= 0.3 is 5.97 Å². The SMILES string of the molecule is CC(C)(C)OC(=O)CC1CCc2ccc(N)cc2C1. The second kappa shape index (κ2) is 5.24. The van der Waals surface area contributed by atoms with Crippen molar-refractivity contribution >= 4 is 11.7 Å². The summed E-state index contributed by atoms with van der Waals surface area (Å²) in [6.45, 7) is 5.71. The number of aryl methyl sites for hydroxylation is 1. The first-order chi connectivity index (χ1) is 8.83. The van der Waals surface area contributed by atoms with Crippen molar-refractivity contribution in [2.75, 3.05) is 5.73 Å². The first-order valence-corrected chi connectivity index (χ1v) is 6.92. The number of anilines is 1. The number of benzene rings is 1. The van der Waals surface area contributed by atoms with Gasteiger partial charge in [-0.2, -0.15) is 0 Å². The summed E-state index contributed by atoms with van der Waals surface area (Å²) < 4.78 is 5.39. The quantitative estimate of drug-likeness (QED) is 0.657. The first kappa shape index (κ1) is 13.9. The Labute approximate surface area is 115 Å². The van der Waals surface area contributed by atoms with E-state index in [-0.39, 0.29) is 5.97 Å². The Morgan fingerprint density at radius 3 is 2.79 bits per heavy atom.